The Morgan fingerprint density at radius 3 is 2.54 bits per heavy atom. The van der Waals surface area contributed by atoms with Gasteiger partial charge in [0.1, 0.15) is 5.75 Å². The molecule has 0 bridgehead atoms. The van der Waals surface area contributed by atoms with Gasteiger partial charge in [0.25, 0.3) is 5.91 Å². The number of aliphatic imine (C=N–C) groups is 1. The molecule has 5 rings (SSSR count). The number of aliphatic hydroxyl groups is 1. The maximum Gasteiger partial charge on any atom is 0.252 e. The molecular formula is C34H30BrCl2N5O4. The fourth-order valence-corrected chi connectivity index (χ4v) is 5.97. The summed E-state index contributed by atoms with van der Waals surface area (Å²) in [5, 5.41) is 17.1. The van der Waals surface area contributed by atoms with Crippen LogP contribution >= 0.6 is 39.1 Å². The smallest absolute Gasteiger partial charge is 0.252 e. The lowest BCUT2D eigenvalue weighted by molar-refractivity contribution is -0.128. The Morgan fingerprint density at radius 1 is 1.07 bits per heavy atom. The number of aliphatic hydroxyl groups excluding tert-OH is 1. The van der Waals surface area contributed by atoms with Crippen LogP contribution in [-0.4, -0.2) is 42.2 Å². The van der Waals surface area contributed by atoms with E-state index in [2.05, 4.69) is 31.3 Å². The number of nitrogens with zero attached hydrogens (tertiary/aromatic N) is 4. The maximum absolute atomic E-state index is 14.5. The average Bonchev–Trinajstić information content (AvgIpc) is 3.44. The van der Waals surface area contributed by atoms with Crippen LogP contribution in [0.25, 0.3) is 10.4 Å². The highest BCUT2D eigenvalue weighted by Crippen LogP contribution is 2.44. The average molecular weight is 723 g/mol. The van der Waals surface area contributed by atoms with E-state index in [1.165, 1.54) is 0 Å². The summed E-state index contributed by atoms with van der Waals surface area (Å²) in [4.78, 5) is 22.5. The summed E-state index contributed by atoms with van der Waals surface area (Å²) in [5.41, 5.74) is 11.0. The zero-order valence-corrected chi connectivity index (χ0v) is 27.7. The number of azide groups is 1. The predicted octanol–water partition coefficient (Wildman–Crippen LogP) is 8.32. The van der Waals surface area contributed by atoms with Crippen molar-refractivity contribution in [2.45, 2.75) is 30.9 Å². The first-order chi connectivity index (χ1) is 22.3. The Labute approximate surface area is 284 Å². The number of amides is 1. The predicted molar refractivity (Wildman–Crippen MR) is 183 cm³/mol. The molecule has 0 unspecified atom stereocenters. The van der Waals surface area contributed by atoms with Gasteiger partial charge in [-0.05, 0) is 77.2 Å². The molecule has 0 spiro atoms. The lowest BCUT2D eigenvalue weighted by Crippen LogP contribution is -2.50. The van der Waals surface area contributed by atoms with Gasteiger partial charge in [-0.15, -0.1) is 0 Å². The summed E-state index contributed by atoms with van der Waals surface area (Å²) in [7, 11) is 0. The minimum atomic E-state index is -1.48. The van der Waals surface area contributed by atoms with Gasteiger partial charge in [0.05, 0.1) is 6.61 Å². The van der Waals surface area contributed by atoms with E-state index in [-0.39, 0.29) is 31.4 Å². The van der Waals surface area contributed by atoms with E-state index in [0.717, 1.165) is 15.6 Å². The van der Waals surface area contributed by atoms with Crippen molar-refractivity contribution in [3.8, 4) is 5.75 Å². The first-order valence-electron chi connectivity index (χ1n) is 14.5. The Morgan fingerprint density at radius 2 is 1.83 bits per heavy atom. The van der Waals surface area contributed by atoms with Gasteiger partial charge in [0, 0.05) is 56.7 Å². The molecule has 0 aromatic heterocycles. The molecule has 0 saturated carbocycles. The number of ether oxygens (including phenoxy) is 2. The van der Waals surface area contributed by atoms with Crippen molar-refractivity contribution in [3.63, 3.8) is 0 Å². The van der Waals surface area contributed by atoms with Gasteiger partial charge in [0.2, 0.25) is 5.90 Å². The zero-order valence-electron chi connectivity index (χ0n) is 24.6. The van der Waals surface area contributed by atoms with Gasteiger partial charge in [0.15, 0.2) is 11.6 Å². The van der Waals surface area contributed by atoms with Gasteiger partial charge < -0.3 is 19.9 Å². The number of benzene rings is 4. The van der Waals surface area contributed by atoms with Crippen LogP contribution in [0.2, 0.25) is 10.0 Å². The quantitative estimate of drug-likeness (QED) is 0.0622. The molecule has 1 aliphatic heterocycles. The second kappa shape index (κ2) is 15.5. The largest absolute Gasteiger partial charge is 0.494 e. The van der Waals surface area contributed by atoms with Crippen molar-refractivity contribution in [2.24, 2.45) is 10.1 Å². The molecule has 0 aliphatic carbocycles. The highest BCUT2D eigenvalue weighted by atomic mass is 79.9. The Balaban J connectivity index is 1.55. The second-order valence-corrected chi connectivity index (χ2v) is 12.3. The third kappa shape index (κ3) is 7.84. The SMILES string of the molecule is [N-]=[N+]=Nc1ccccc1C[C@@]1(C(=O)NCCc2ccc(Cl)cc2Cl)N=C(c2ccc(OCCCO)cc2)O[C@@H]1c1ccc(Br)cc1. The van der Waals surface area contributed by atoms with Gasteiger partial charge in [-0.1, -0.05) is 86.7 Å². The number of nitrogens with one attached hydrogen (secondary N) is 1. The fourth-order valence-electron chi connectivity index (χ4n) is 5.20. The Bertz CT molecular complexity index is 1760. The lowest BCUT2D eigenvalue weighted by Gasteiger charge is -2.31. The minimum absolute atomic E-state index is 0.0415. The summed E-state index contributed by atoms with van der Waals surface area (Å²) in [6.45, 7) is 0.700. The van der Waals surface area contributed by atoms with Gasteiger partial charge >= 0.3 is 0 Å². The molecular weight excluding hydrogens is 693 g/mol. The molecule has 0 saturated heterocycles. The fraction of sp³-hybridized carbons (Fsp3) is 0.235. The van der Waals surface area contributed by atoms with Crippen LogP contribution in [0.4, 0.5) is 5.69 Å². The molecule has 4 aromatic carbocycles. The van der Waals surface area contributed by atoms with Crippen LogP contribution in [0.1, 0.15) is 34.8 Å². The summed E-state index contributed by atoms with van der Waals surface area (Å²) >= 11 is 16.0. The molecule has 4 aromatic rings. The van der Waals surface area contributed by atoms with Gasteiger partial charge in [-0.2, -0.15) is 0 Å². The molecule has 1 aliphatic rings. The molecule has 1 heterocycles. The number of carbonyl (C=O) groups is 1. The third-order valence-electron chi connectivity index (χ3n) is 7.50. The topological polar surface area (TPSA) is 129 Å². The zero-order chi connectivity index (χ0) is 32.5. The van der Waals surface area contributed by atoms with Crippen LogP contribution in [0.15, 0.2) is 106 Å². The van der Waals surface area contributed by atoms with E-state index < -0.39 is 11.6 Å². The van der Waals surface area contributed by atoms with Crippen LogP contribution in [0.3, 0.4) is 0 Å². The van der Waals surface area contributed by atoms with Crippen LogP contribution in [0, 0.1) is 0 Å². The molecule has 0 radical (unpaired) electrons. The Kier molecular flexibility index (Phi) is 11.2. The first kappa shape index (κ1) is 33.3. The van der Waals surface area contributed by atoms with Crippen molar-refractivity contribution in [1.82, 2.24) is 5.32 Å². The van der Waals surface area contributed by atoms with Crippen LogP contribution in [0.5, 0.6) is 5.75 Å². The molecule has 46 heavy (non-hydrogen) atoms. The molecule has 0 fully saturated rings. The third-order valence-corrected chi connectivity index (χ3v) is 8.62. The number of hydrogen-bond acceptors (Lipinski definition) is 6. The van der Waals surface area contributed by atoms with E-state index in [9.17, 15) is 10.3 Å². The lowest BCUT2D eigenvalue weighted by atomic mass is 9.81. The Hall–Kier alpha value is -4.05. The molecule has 9 nitrogen and oxygen atoms in total. The summed E-state index contributed by atoms with van der Waals surface area (Å²) < 4.78 is 13.1. The number of halogens is 3. The minimum Gasteiger partial charge on any atom is -0.494 e. The van der Waals surface area contributed by atoms with Gasteiger partial charge in [-0.25, -0.2) is 4.99 Å². The first-order valence-corrected chi connectivity index (χ1v) is 16.1. The second-order valence-electron chi connectivity index (χ2n) is 10.6. The van der Waals surface area contributed by atoms with E-state index in [1.807, 2.05) is 54.6 Å². The molecule has 1 amide bonds. The van der Waals surface area contributed by atoms with E-state index >= 15 is 0 Å². The van der Waals surface area contributed by atoms with E-state index in [4.69, 9.17) is 42.8 Å². The molecule has 12 heteroatoms. The monoisotopic (exact) mass is 721 g/mol. The van der Waals surface area contributed by atoms with Crippen molar-refractivity contribution < 1.29 is 19.4 Å². The van der Waals surface area contributed by atoms with Crippen LogP contribution < -0.4 is 10.1 Å². The van der Waals surface area contributed by atoms with Crippen molar-refractivity contribution in [3.05, 3.63) is 138 Å². The molecule has 2 atom stereocenters. The summed E-state index contributed by atoms with van der Waals surface area (Å²) in [6.07, 6.45) is 0.244. The van der Waals surface area contributed by atoms with Crippen molar-refractivity contribution in [2.75, 3.05) is 19.8 Å². The molecule has 2 N–H and O–H groups in total. The van der Waals surface area contributed by atoms with Crippen molar-refractivity contribution in [1.29, 1.82) is 0 Å². The number of hydrogen-bond donors (Lipinski definition) is 2. The van der Waals surface area contributed by atoms with Crippen molar-refractivity contribution >= 4 is 56.6 Å². The van der Waals surface area contributed by atoms with Crippen LogP contribution in [-0.2, 0) is 22.4 Å². The van der Waals surface area contributed by atoms with Gasteiger partial charge in [-0.3, -0.25) is 4.79 Å². The number of carbonyl (C=O) groups excluding carboxylic acids is 1. The van der Waals surface area contributed by atoms with E-state index in [0.29, 0.717) is 52.1 Å². The molecule has 236 valence electrons. The van der Waals surface area contributed by atoms with E-state index in [1.54, 1.807) is 36.4 Å². The summed E-state index contributed by atoms with van der Waals surface area (Å²) in [5.74, 6) is 0.556. The maximum atomic E-state index is 14.5. The summed E-state index contributed by atoms with van der Waals surface area (Å²) in [6, 6.07) is 27.1. The highest BCUT2D eigenvalue weighted by molar-refractivity contribution is 9.10. The normalized spacial score (nSPS) is 17.0. The standard InChI is InChI=1S/C34H30BrCl2N5O4/c35-26-11-6-23(7-12-26)31-34(21-25-4-1-2-5-30(25)41-42-38,33(44)39-17-16-22-8-13-27(36)20-29(22)37)40-32(46-31)24-9-14-28(15-10-24)45-19-3-18-43/h1-2,4-15,20,31,43H,3,16-19,21H2,(H,39,44)/t31-,34-/m1/s1. The number of rotatable bonds is 13. The highest BCUT2D eigenvalue weighted by Gasteiger charge is 2.53.